The summed E-state index contributed by atoms with van der Waals surface area (Å²) in [5, 5.41) is 10.7. The van der Waals surface area contributed by atoms with E-state index in [1.807, 2.05) is 18.2 Å². The van der Waals surface area contributed by atoms with E-state index in [0.717, 1.165) is 60.4 Å². The average Bonchev–Trinajstić information content (AvgIpc) is 3.49. The number of rotatable bonds is 11. The van der Waals surface area contributed by atoms with Gasteiger partial charge in [-0.15, -0.1) is 0 Å². The maximum atomic E-state index is 13.8. The molecule has 1 atom stereocenters. The van der Waals surface area contributed by atoms with E-state index in [9.17, 15) is 22.8 Å². The smallest absolute Gasteiger partial charge is 0.433 e. The van der Waals surface area contributed by atoms with Crippen LogP contribution in [0.3, 0.4) is 0 Å². The highest BCUT2D eigenvalue weighted by Gasteiger charge is 2.34. The lowest BCUT2D eigenvalue weighted by molar-refractivity contribution is -0.141. The third-order valence-corrected chi connectivity index (χ3v) is 9.34. The molecule has 0 radical (unpaired) electrons. The number of methoxy groups -OCH3 is 1. The molecule has 0 fully saturated rings. The van der Waals surface area contributed by atoms with Crippen LogP contribution in [0.15, 0.2) is 59.5 Å². The molecule has 2 N–H and O–H groups in total. The number of fused-ring (bicyclic) bond motifs is 2. The average molecular weight is 712 g/mol. The molecule has 6 rings (SSSR count). The Hall–Kier alpha value is -4.52. The fourth-order valence-electron chi connectivity index (χ4n) is 6.12. The topological polar surface area (TPSA) is 111 Å². The number of carbonyl (C=O) groups is 1. The summed E-state index contributed by atoms with van der Waals surface area (Å²) in [5.74, 6) is 0.193. The van der Waals surface area contributed by atoms with Gasteiger partial charge >= 0.3 is 6.18 Å². The fourth-order valence-corrected chi connectivity index (χ4v) is 6.72. The van der Waals surface area contributed by atoms with E-state index >= 15 is 0 Å². The number of carbonyl (C=O) groups excluding carboxylic acids is 1. The van der Waals surface area contributed by atoms with Gasteiger partial charge in [0.1, 0.15) is 17.8 Å². The predicted molar refractivity (Wildman–Crippen MR) is 184 cm³/mol. The molecule has 5 aromatic rings. The standard InChI is InChI=1S/C35H31Cl2F3N6O3/c1-46-34(48)29-20(18-42-46)17-27(35(38,39)40)45-32(29)43-25-11-7-9-22(31(25)37)21-8-6-10-23(30(21)36)26-16-19-12-13-24(28(19)33(44-26)49-2)41-14-4-3-5-15-47/h6-11,15-18,24,41H,3-5,12-14H2,1-2H3,(H,43,45). The predicted octanol–water partition coefficient (Wildman–Crippen LogP) is 8.08. The summed E-state index contributed by atoms with van der Waals surface area (Å²) in [6.07, 6.45) is 1.32. The lowest BCUT2D eigenvalue weighted by atomic mass is 9.99. The minimum Gasteiger partial charge on any atom is -0.481 e. The molecule has 0 saturated heterocycles. The minimum atomic E-state index is -4.77. The van der Waals surface area contributed by atoms with Crippen LogP contribution in [0.5, 0.6) is 5.88 Å². The highest BCUT2D eigenvalue weighted by atomic mass is 35.5. The second kappa shape index (κ2) is 14.1. The molecule has 1 unspecified atom stereocenters. The Balaban J connectivity index is 1.36. The number of aryl methyl sites for hydroxylation is 2. The molecule has 1 aliphatic carbocycles. The van der Waals surface area contributed by atoms with Gasteiger partial charge in [0.05, 0.1) is 40.1 Å². The number of pyridine rings is 2. The summed E-state index contributed by atoms with van der Waals surface area (Å²) in [7, 11) is 2.98. The number of nitrogens with zero attached hydrogens (tertiary/aromatic N) is 4. The minimum absolute atomic E-state index is 0.0232. The van der Waals surface area contributed by atoms with Gasteiger partial charge in [0.2, 0.25) is 5.88 Å². The number of alkyl halides is 3. The van der Waals surface area contributed by atoms with Crippen molar-refractivity contribution >= 4 is 51.8 Å². The Morgan fingerprint density at radius 2 is 1.78 bits per heavy atom. The molecule has 2 aromatic carbocycles. The third-order valence-electron chi connectivity index (χ3n) is 8.53. The van der Waals surface area contributed by atoms with Crippen molar-refractivity contribution in [2.24, 2.45) is 7.05 Å². The SMILES string of the molecule is COc1nc(-c2cccc(-c3cccc(Nc4nc(C(F)(F)F)cc5cnn(C)c(=O)c45)c3Cl)c2Cl)cc2c1C(NCCCCC=O)CC2. The molecule has 254 valence electrons. The molecule has 0 saturated carbocycles. The molecule has 0 bridgehead atoms. The van der Waals surface area contributed by atoms with Gasteiger partial charge in [-0.25, -0.2) is 14.6 Å². The Morgan fingerprint density at radius 3 is 2.51 bits per heavy atom. The number of nitrogens with one attached hydrogen (secondary N) is 2. The Labute approximate surface area is 289 Å². The number of anilines is 2. The van der Waals surface area contributed by atoms with E-state index in [2.05, 4.69) is 20.7 Å². The summed E-state index contributed by atoms with van der Waals surface area (Å²) in [5.41, 5.74) is 2.83. The van der Waals surface area contributed by atoms with E-state index in [0.29, 0.717) is 39.7 Å². The molecule has 3 heterocycles. The van der Waals surface area contributed by atoms with E-state index in [1.165, 1.54) is 13.2 Å². The lowest BCUT2D eigenvalue weighted by Gasteiger charge is -2.18. The van der Waals surface area contributed by atoms with Crippen LogP contribution in [-0.2, 0) is 24.4 Å². The quantitative estimate of drug-likeness (QED) is 0.105. The van der Waals surface area contributed by atoms with Crippen LogP contribution in [0.2, 0.25) is 10.0 Å². The molecule has 0 spiro atoms. The van der Waals surface area contributed by atoms with Crippen molar-refractivity contribution in [1.29, 1.82) is 0 Å². The van der Waals surface area contributed by atoms with Crippen molar-refractivity contribution in [2.75, 3.05) is 19.0 Å². The van der Waals surface area contributed by atoms with Crippen molar-refractivity contribution in [3.63, 3.8) is 0 Å². The van der Waals surface area contributed by atoms with Gasteiger partial charge in [0.15, 0.2) is 0 Å². The Morgan fingerprint density at radius 1 is 1.04 bits per heavy atom. The number of unbranched alkanes of at least 4 members (excludes halogenated alkanes) is 2. The van der Waals surface area contributed by atoms with Gasteiger partial charge in [-0.3, -0.25) is 4.79 Å². The van der Waals surface area contributed by atoms with Gasteiger partial charge in [-0.2, -0.15) is 18.3 Å². The molecule has 0 aliphatic heterocycles. The van der Waals surface area contributed by atoms with Crippen molar-refractivity contribution in [2.45, 2.75) is 44.3 Å². The number of aromatic nitrogens is 4. The summed E-state index contributed by atoms with van der Waals surface area (Å²) in [4.78, 5) is 32.2. The van der Waals surface area contributed by atoms with Crippen LogP contribution in [-0.4, -0.2) is 39.7 Å². The number of hydrogen-bond acceptors (Lipinski definition) is 8. The van der Waals surface area contributed by atoms with Gasteiger partial charge in [-0.05, 0) is 56.0 Å². The summed E-state index contributed by atoms with van der Waals surface area (Å²) in [6, 6.07) is 13.3. The largest absolute Gasteiger partial charge is 0.481 e. The second-order valence-electron chi connectivity index (χ2n) is 11.6. The van der Waals surface area contributed by atoms with E-state index in [1.54, 1.807) is 31.4 Å². The van der Waals surface area contributed by atoms with Gasteiger partial charge in [-0.1, -0.05) is 53.5 Å². The van der Waals surface area contributed by atoms with Crippen molar-refractivity contribution in [1.82, 2.24) is 25.1 Å². The summed E-state index contributed by atoms with van der Waals surface area (Å²) in [6.45, 7) is 0.777. The van der Waals surface area contributed by atoms with E-state index in [4.69, 9.17) is 32.9 Å². The summed E-state index contributed by atoms with van der Waals surface area (Å²) < 4.78 is 48.1. The second-order valence-corrected chi connectivity index (χ2v) is 12.4. The molecule has 1 aliphatic rings. The number of ether oxygens (including phenoxy) is 1. The molecule has 3 aromatic heterocycles. The molecule has 49 heavy (non-hydrogen) atoms. The van der Waals surface area contributed by atoms with Crippen LogP contribution in [0.25, 0.3) is 33.2 Å². The Kier molecular flexibility index (Phi) is 9.91. The van der Waals surface area contributed by atoms with Crippen molar-refractivity contribution < 1.29 is 22.7 Å². The normalized spacial score (nSPS) is 14.2. The summed E-state index contributed by atoms with van der Waals surface area (Å²) >= 11 is 13.9. The third kappa shape index (κ3) is 6.85. The maximum absolute atomic E-state index is 13.8. The number of aldehydes is 1. The number of hydrogen-bond donors (Lipinski definition) is 2. The Bertz CT molecular complexity index is 2120. The van der Waals surface area contributed by atoms with Gasteiger partial charge in [0.25, 0.3) is 5.56 Å². The molecule has 9 nitrogen and oxygen atoms in total. The zero-order chi connectivity index (χ0) is 34.9. The number of benzene rings is 2. The van der Waals surface area contributed by atoms with Crippen LogP contribution in [0, 0.1) is 0 Å². The van der Waals surface area contributed by atoms with Crippen molar-refractivity contribution in [3.8, 4) is 28.3 Å². The first-order valence-corrected chi connectivity index (χ1v) is 16.3. The van der Waals surface area contributed by atoms with Crippen LogP contribution in [0.4, 0.5) is 24.7 Å². The van der Waals surface area contributed by atoms with Crippen molar-refractivity contribution in [3.05, 3.63) is 91.9 Å². The van der Waals surface area contributed by atoms with Gasteiger partial charge < -0.3 is 20.2 Å². The van der Waals surface area contributed by atoms with E-state index in [-0.39, 0.29) is 33.3 Å². The van der Waals surface area contributed by atoms with Crippen LogP contribution < -0.4 is 20.9 Å². The zero-order valence-electron chi connectivity index (χ0n) is 26.5. The molecular weight excluding hydrogens is 680 g/mol. The first-order chi connectivity index (χ1) is 23.5. The monoisotopic (exact) mass is 710 g/mol. The van der Waals surface area contributed by atoms with E-state index < -0.39 is 17.4 Å². The highest BCUT2D eigenvalue weighted by molar-refractivity contribution is 6.39. The maximum Gasteiger partial charge on any atom is 0.433 e. The molecular formula is C35H31Cl2F3N6O3. The fraction of sp³-hybridized carbons (Fsp3) is 0.286. The van der Waals surface area contributed by atoms with Crippen LogP contribution >= 0.6 is 23.2 Å². The zero-order valence-corrected chi connectivity index (χ0v) is 28.0. The number of halogens is 5. The van der Waals surface area contributed by atoms with Gasteiger partial charge in [0, 0.05) is 47.2 Å². The highest BCUT2D eigenvalue weighted by Crippen LogP contribution is 2.44. The molecule has 0 amide bonds. The first-order valence-electron chi connectivity index (χ1n) is 15.6. The van der Waals surface area contributed by atoms with Crippen LogP contribution in [0.1, 0.15) is 48.5 Å². The molecule has 14 heteroatoms. The lowest BCUT2D eigenvalue weighted by Crippen LogP contribution is -2.21. The first kappa shape index (κ1) is 34.3.